The van der Waals surface area contributed by atoms with E-state index >= 15 is 0 Å². The second-order valence-corrected chi connectivity index (χ2v) is 9.68. The van der Waals surface area contributed by atoms with Crippen LogP contribution in [0.1, 0.15) is 56.3 Å². The third-order valence-electron chi connectivity index (χ3n) is 5.72. The maximum Gasteiger partial charge on any atom is 0.336 e. The lowest BCUT2D eigenvalue weighted by Gasteiger charge is -2.15. The zero-order valence-electron chi connectivity index (χ0n) is 19.9. The first-order chi connectivity index (χ1) is 15.8. The smallest absolute Gasteiger partial charge is 0.336 e. The van der Waals surface area contributed by atoms with Crippen LogP contribution in [0.15, 0.2) is 56.8 Å². The lowest BCUT2D eigenvalue weighted by atomic mass is 9.95. The highest BCUT2D eigenvalue weighted by Crippen LogP contribution is 2.33. The lowest BCUT2D eigenvalue weighted by molar-refractivity contribution is 0.415. The average molecular weight is 464 g/mol. The number of rotatable bonds is 7. The Balaban J connectivity index is 1.70. The summed E-state index contributed by atoms with van der Waals surface area (Å²) in [5.74, 6) is 2.59. The second kappa shape index (κ2) is 9.43. The molecular weight excluding hydrogens is 434 g/mol. The van der Waals surface area contributed by atoms with Crippen molar-refractivity contribution in [2.24, 2.45) is 0 Å². The SMILES string of the molecule is COc1ccc(-c2nnc(SCc3cc(=O)oc4cc(C)c(C(C)C)cc34)n2C(C)C)cc1. The maximum atomic E-state index is 12.2. The first-order valence-electron chi connectivity index (χ1n) is 11.1. The molecule has 4 aromatic rings. The molecule has 0 fully saturated rings. The summed E-state index contributed by atoms with van der Waals surface area (Å²) in [4.78, 5) is 12.2. The molecule has 6 nitrogen and oxygen atoms in total. The Bertz CT molecular complexity index is 1340. The number of hydrogen-bond donors (Lipinski definition) is 0. The number of aryl methyl sites for hydroxylation is 1. The number of ether oxygens (including phenoxy) is 1. The van der Waals surface area contributed by atoms with Gasteiger partial charge in [0, 0.05) is 28.8 Å². The monoisotopic (exact) mass is 463 g/mol. The molecule has 0 aliphatic rings. The molecular formula is C26H29N3O3S. The van der Waals surface area contributed by atoms with E-state index in [9.17, 15) is 4.79 Å². The number of methoxy groups -OCH3 is 1. The van der Waals surface area contributed by atoms with Crippen molar-refractivity contribution in [3.05, 3.63) is 69.6 Å². The summed E-state index contributed by atoms with van der Waals surface area (Å²) in [7, 11) is 1.65. The fourth-order valence-electron chi connectivity index (χ4n) is 4.05. The van der Waals surface area contributed by atoms with Crippen LogP contribution in [0.3, 0.4) is 0 Å². The Hall–Kier alpha value is -3.06. The van der Waals surface area contributed by atoms with E-state index in [1.54, 1.807) is 24.9 Å². The quantitative estimate of drug-likeness (QED) is 0.234. The topological polar surface area (TPSA) is 70.2 Å². The van der Waals surface area contributed by atoms with Crippen molar-refractivity contribution in [1.82, 2.24) is 14.8 Å². The second-order valence-electron chi connectivity index (χ2n) is 8.74. The van der Waals surface area contributed by atoms with E-state index in [4.69, 9.17) is 9.15 Å². The van der Waals surface area contributed by atoms with Crippen molar-refractivity contribution in [1.29, 1.82) is 0 Å². The third-order valence-corrected chi connectivity index (χ3v) is 6.72. The van der Waals surface area contributed by atoms with E-state index in [1.165, 1.54) is 5.56 Å². The van der Waals surface area contributed by atoms with Gasteiger partial charge in [0.15, 0.2) is 11.0 Å². The minimum Gasteiger partial charge on any atom is -0.497 e. The van der Waals surface area contributed by atoms with E-state index in [2.05, 4.69) is 55.4 Å². The van der Waals surface area contributed by atoms with Crippen LogP contribution in [0.4, 0.5) is 0 Å². The van der Waals surface area contributed by atoms with Crippen LogP contribution in [-0.4, -0.2) is 21.9 Å². The van der Waals surface area contributed by atoms with Gasteiger partial charge in [-0.05, 0) is 79.8 Å². The highest BCUT2D eigenvalue weighted by molar-refractivity contribution is 7.98. The van der Waals surface area contributed by atoms with Crippen LogP contribution in [0, 0.1) is 6.92 Å². The van der Waals surface area contributed by atoms with Crippen molar-refractivity contribution < 1.29 is 9.15 Å². The average Bonchev–Trinajstić information content (AvgIpc) is 3.21. The van der Waals surface area contributed by atoms with Gasteiger partial charge in [0.2, 0.25) is 0 Å². The molecule has 0 unspecified atom stereocenters. The molecule has 0 N–H and O–H groups in total. The van der Waals surface area contributed by atoms with E-state index in [-0.39, 0.29) is 11.7 Å². The van der Waals surface area contributed by atoms with Gasteiger partial charge in [-0.25, -0.2) is 4.79 Å². The minimum absolute atomic E-state index is 0.174. The summed E-state index contributed by atoms with van der Waals surface area (Å²) in [5.41, 5.74) is 4.61. The summed E-state index contributed by atoms with van der Waals surface area (Å²) in [6.45, 7) is 10.6. The summed E-state index contributed by atoms with van der Waals surface area (Å²) in [6, 6.07) is 13.7. The van der Waals surface area contributed by atoms with Gasteiger partial charge in [-0.3, -0.25) is 4.57 Å². The van der Waals surface area contributed by atoms with Gasteiger partial charge >= 0.3 is 5.63 Å². The lowest BCUT2D eigenvalue weighted by Crippen LogP contribution is -2.06. The summed E-state index contributed by atoms with van der Waals surface area (Å²) < 4.78 is 12.9. The van der Waals surface area contributed by atoms with Crippen molar-refractivity contribution in [3.8, 4) is 17.1 Å². The largest absolute Gasteiger partial charge is 0.497 e. The number of benzene rings is 2. The molecule has 2 heterocycles. The fourth-order valence-corrected chi connectivity index (χ4v) is 5.11. The Kier molecular flexibility index (Phi) is 6.61. The Labute approximate surface area is 198 Å². The zero-order valence-corrected chi connectivity index (χ0v) is 20.7. The number of nitrogens with zero attached hydrogens (tertiary/aromatic N) is 3. The standard InChI is InChI=1S/C26H29N3O3S/c1-15(2)21-13-22-19(12-24(30)32-23(22)11-17(21)5)14-33-26-28-27-25(29(26)16(3)4)18-7-9-20(31-6)10-8-18/h7-13,15-16H,14H2,1-6H3. The van der Waals surface area contributed by atoms with Crippen LogP contribution in [0.2, 0.25) is 0 Å². The van der Waals surface area contributed by atoms with Crippen LogP contribution in [0.5, 0.6) is 5.75 Å². The van der Waals surface area contributed by atoms with Gasteiger partial charge in [0.1, 0.15) is 11.3 Å². The predicted octanol–water partition coefficient (Wildman–Crippen LogP) is 6.37. The van der Waals surface area contributed by atoms with Crippen molar-refractivity contribution in [3.63, 3.8) is 0 Å². The molecule has 7 heteroatoms. The fraction of sp³-hybridized carbons (Fsp3) is 0.346. The molecule has 0 saturated heterocycles. The summed E-state index contributed by atoms with van der Waals surface area (Å²) >= 11 is 1.58. The first-order valence-corrected chi connectivity index (χ1v) is 12.1. The minimum atomic E-state index is -0.334. The molecule has 33 heavy (non-hydrogen) atoms. The van der Waals surface area contributed by atoms with Gasteiger partial charge in [0.25, 0.3) is 0 Å². The highest BCUT2D eigenvalue weighted by Gasteiger charge is 2.18. The van der Waals surface area contributed by atoms with E-state index < -0.39 is 0 Å². The van der Waals surface area contributed by atoms with Gasteiger partial charge in [0.05, 0.1) is 7.11 Å². The van der Waals surface area contributed by atoms with Crippen molar-refractivity contribution >= 4 is 22.7 Å². The number of hydrogen-bond acceptors (Lipinski definition) is 6. The molecule has 0 aliphatic heterocycles. The molecule has 2 aromatic heterocycles. The van der Waals surface area contributed by atoms with Gasteiger partial charge < -0.3 is 9.15 Å². The zero-order chi connectivity index (χ0) is 23.7. The number of fused-ring (bicyclic) bond motifs is 1. The highest BCUT2D eigenvalue weighted by atomic mass is 32.2. The molecule has 0 bridgehead atoms. The molecule has 172 valence electrons. The van der Waals surface area contributed by atoms with Crippen LogP contribution >= 0.6 is 11.8 Å². The normalized spacial score (nSPS) is 11.6. The van der Waals surface area contributed by atoms with Gasteiger partial charge in [-0.15, -0.1) is 10.2 Å². The van der Waals surface area contributed by atoms with Gasteiger partial charge in [-0.1, -0.05) is 25.6 Å². The molecule has 0 radical (unpaired) electrons. The molecule has 0 saturated carbocycles. The molecule has 0 spiro atoms. The third kappa shape index (κ3) is 4.69. The number of thioether (sulfide) groups is 1. The maximum absolute atomic E-state index is 12.2. The van der Waals surface area contributed by atoms with E-state index in [1.807, 2.05) is 30.3 Å². The summed E-state index contributed by atoms with van der Waals surface area (Å²) in [6.07, 6.45) is 0. The van der Waals surface area contributed by atoms with Crippen molar-refractivity contribution in [2.75, 3.05) is 7.11 Å². The van der Waals surface area contributed by atoms with Crippen LogP contribution in [-0.2, 0) is 5.75 Å². The molecule has 4 rings (SSSR count). The van der Waals surface area contributed by atoms with Crippen molar-refractivity contribution in [2.45, 2.75) is 57.5 Å². The molecule has 2 aromatic carbocycles. The van der Waals surface area contributed by atoms with E-state index in [0.717, 1.165) is 38.8 Å². The number of aromatic nitrogens is 3. The van der Waals surface area contributed by atoms with Crippen LogP contribution < -0.4 is 10.4 Å². The van der Waals surface area contributed by atoms with E-state index in [0.29, 0.717) is 17.3 Å². The Morgan fingerprint density at radius 3 is 2.42 bits per heavy atom. The molecule has 0 atom stereocenters. The first kappa shape index (κ1) is 23.1. The Morgan fingerprint density at radius 1 is 1.06 bits per heavy atom. The summed E-state index contributed by atoms with van der Waals surface area (Å²) in [5, 5.41) is 10.7. The molecule has 0 amide bonds. The molecule has 0 aliphatic carbocycles. The van der Waals surface area contributed by atoms with Crippen LogP contribution in [0.25, 0.3) is 22.4 Å². The predicted molar refractivity (Wildman–Crippen MR) is 133 cm³/mol. The van der Waals surface area contributed by atoms with Gasteiger partial charge in [-0.2, -0.15) is 0 Å². The Morgan fingerprint density at radius 2 is 1.79 bits per heavy atom.